The number of unbranched alkanes of at least 4 members (excludes halogenated alkanes) is 25. The van der Waals surface area contributed by atoms with Crippen LogP contribution in [0.5, 0.6) is 0 Å². The van der Waals surface area contributed by atoms with Crippen LogP contribution in [0.25, 0.3) is 0 Å². The van der Waals surface area contributed by atoms with Crippen LogP contribution in [0, 0.1) is 0 Å². The van der Waals surface area contributed by atoms with Gasteiger partial charge in [0.05, 0.1) is 6.61 Å². The van der Waals surface area contributed by atoms with Crippen LogP contribution in [0.1, 0.15) is 187 Å². The molecular weight excluding hydrogens is 452 g/mol. The van der Waals surface area contributed by atoms with Crippen molar-refractivity contribution in [2.75, 3.05) is 33.0 Å². The fourth-order valence-corrected chi connectivity index (χ4v) is 5.18. The first-order chi connectivity index (χ1) is 18.4. The van der Waals surface area contributed by atoms with E-state index in [4.69, 9.17) is 4.74 Å². The Kier molecular flexibility index (Phi) is 35.8. The molecule has 0 fully saturated rings. The van der Waals surface area contributed by atoms with E-state index in [1.54, 1.807) is 0 Å². The van der Waals surface area contributed by atoms with E-state index < -0.39 is 0 Å². The van der Waals surface area contributed by atoms with Gasteiger partial charge in [-0.3, -0.25) is 0 Å². The molecule has 0 aromatic carbocycles. The van der Waals surface area contributed by atoms with Gasteiger partial charge in [0.25, 0.3) is 0 Å². The van der Waals surface area contributed by atoms with Gasteiger partial charge in [0.15, 0.2) is 0 Å². The number of ether oxygens (including phenoxy) is 1. The van der Waals surface area contributed by atoms with Crippen molar-refractivity contribution in [3.05, 3.63) is 0 Å². The Morgan fingerprint density at radius 1 is 0.324 bits per heavy atom. The first-order valence-corrected chi connectivity index (χ1v) is 17.4. The summed E-state index contributed by atoms with van der Waals surface area (Å²) in [5, 5.41) is 6.96. The summed E-state index contributed by atoms with van der Waals surface area (Å²) in [7, 11) is 0. The van der Waals surface area contributed by atoms with Crippen molar-refractivity contribution in [3.63, 3.8) is 0 Å². The molecule has 0 aliphatic heterocycles. The molecule has 0 radical (unpaired) electrons. The van der Waals surface area contributed by atoms with Gasteiger partial charge in [-0.15, -0.1) is 0 Å². The van der Waals surface area contributed by atoms with Gasteiger partial charge in [0, 0.05) is 19.8 Å². The molecule has 0 spiro atoms. The van der Waals surface area contributed by atoms with Crippen molar-refractivity contribution in [2.24, 2.45) is 0 Å². The van der Waals surface area contributed by atoms with E-state index in [2.05, 4.69) is 24.5 Å². The molecule has 0 aromatic rings. The van der Waals surface area contributed by atoms with Crippen molar-refractivity contribution >= 4 is 0 Å². The van der Waals surface area contributed by atoms with E-state index in [-0.39, 0.29) is 0 Å². The van der Waals surface area contributed by atoms with E-state index in [0.29, 0.717) is 0 Å². The van der Waals surface area contributed by atoms with Gasteiger partial charge in [0.1, 0.15) is 0 Å². The summed E-state index contributed by atoms with van der Waals surface area (Å²) in [6, 6.07) is 0. The normalized spacial score (nSPS) is 11.5. The van der Waals surface area contributed by atoms with Crippen LogP contribution in [0.3, 0.4) is 0 Å². The van der Waals surface area contributed by atoms with Gasteiger partial charge >= 0.3 is 0 Å². The van der Waals surface area contributed by atoms with Crippen molar-refractivity contribution in [2.45, 2.75) is 187 Å². The lowest BCUT2D eigenvalue weighted by molar-refractivity contribution is 0.131. The van der Waals surface area contributed by atoms with Gasteiger partial charge in [-0.25, -0.2) is 0 Å². The summed E-state index contributed by atoms with van der Waals surface area (Å²) in [6.45, 7) is 9.40. The van der Waals surface area contributed by atoms with Gasteiger partial charge in [-0.2, -0.15) is 0 Å². The van der Waals surface area contributed by atoms with Crippen molar-refractivity contribution < 1.29 is 4.74 Å². The fourth-order valence-electron chi connectivity index (χ4n) is 5.18. The molecule has 0 aliphatic rings. The number of hydrogen-bond acceptors (Lipinski definition) is 3. The number of rotatable bonds is 34. The zero-order chi connectivity index (χ0) is 26.7. The summed E-state index contributed by atoms with van der Waals surface area (Å²) >= 11 is 0. The smallest absolute Gasteiger partial charge is 0.0591 e. The van der Waals surface area contributed by atoms with Gasteiger partial charge in [-0.1, -0.05) is 174 Å². The predicted molar refractivity (Wildman–Crippen MR) is 168 cm³/mol. The van der Waals surface area contributed by atoms with Crippen LogP contribution in [-0.4, -0.2) is 33.0 Å². The van der Waals surface area contributed by atoms with Crippen LogP contribution >= 0.6 is 0 Å². The molecule has 0 atom stereocenters. The van der Waals surface area contributed by atoms with Crippen molar-refractivity contribution in [1.29, 1.82) is 0 Å². The molecule has 3 heteroatoms. The Balaban J connectivity index is 3.00. The highest BCUT2D eigenvalue weighted by Crippen LogP contribution is 2.14. The summed E-state index contributed by atoms with van der Waals surface area (Å²) in [6.07, 6.45) is 38.4. The maximum Gasteiger partial charge on any atom is 0.0591 e. The first-order valence-electron chi connectivity index (χ1n) is 17.4. The minimum absolute atomic E-state index is 0.846. The van der Waals surface area contributed by atoms with Crippen LogP contribution in [-0.2, 0) is 4.74 Å². The van der Waals surface area contributed by atoms with Gasteiger partial charge in [-0.05, 0) is 19.4 Å². The molecule has 0 heterocycles. The first kappa shape index (κ1) is 36.9. The van der Waals surface area contributed by atoms with Crippen molar-refractivity contribution in [1.82, 2.24) is 10.6 Å². The van der Waals surface area contributed by atoms with Gasteiger partial charge in [0.2, 0.25) is 0 Å². The molecule has 0 saturated heterocycles. The second-order valence-corrected chi connectivity index (χ2v) is 11.6. The number of hydrogen-bond donors (Lipinski definition) is 2. The van der Waals surface area contributed by atoms with Crippen LogP contribution in [0.2, 0.25) is 0 Å². The highest BCUT2D eigenvalue weighted by atomic mass is 16.5. The summed E-state index contributed by atoms with van der Waals surface area (Å²) in [5.41, 5.74) is 0. The van der Waals surface area contributed by atoms with Crippen LogP contribution in [0.15, 0.2) is 0 Å². The third kappa shape index (κ3) is 35.9. The van der Waals surface area contributed by atoms with E-state index >= 15 is 0 Å². The Morgan fingerprint density at radius 2 is 0.649 bits per heavy atom. The third-order valence-electron chi connectivity index (χ3n) is 7.77. The molecule has 0 bridgehead atoms. The lowest BCUT2D eigenvalue weighted by Gasteiger charge is -2.08. The largest absolute Gasteiger partial charge is 0.380 e. The molecule has 37 heavy (non-hydrogen) atoms. The van der Waals surface area contributed by atoms with E-state index in [1.165, 1.54) is 173 Å². The monoisotopic (exact) mass is 525 g/mol. The van der Waals surface area contributed by atoms with Crippen LogP contribution in [0.4, 0.5) is 0 Å². The Bertz CT molecular complexity index is 343. The highest BCUT2D eigenvalue weighted by Gasteiger charge is 1.96. The molecule has 3 nitrogen and oxygen atoms in total. The van der Waals surface area contributed by atoms with E-state index in [1.807, 2.05) is 0 Å². The lowest BCUT2D eigenvalue weighted by atomic mass is 10.0. The summed E-state index contributed by atoms with van der Waals surface area (Å²) in [4.78, 5) is 0. The summed E-state index contributed by atoms with van der Waals surface area (Å²) in [5.74, 6) is 0. The molecule has 0 aliphatic carbocycles. The third-order valence-corrected chi connectivity index (χ3v) is 7.77. The zero-order valence-electron chi connectivity index (χ0n) is 26.0. The molecular formula is C34H72N2O. The fraction of sp³-hybridized carbons (Fsp3) is 1.00. The average Bonchev–Trinajstić information content (AvgIpc) is 2.91. The maximum atomic E-state index is 5.78. The Labute approximate surface area is 235 Å². The molecule has 0 unspecified atom stereocenters. The standard InChI is InChI=1S/C34H72N2O/c1-3-5-7-9-11-13-15-16-17-18-19-21-23-25-27-29-32-37-33-31-36-34-35-30-28-26-24-22-20-14-12-10-8-6-4-2/h35-36H,3-34H2,1-2H3. The molecule has 2 N–H and O–H groups in total. The summed E-state index contributed by atoms with van der Waals surface area (Å²) < 4.78 is 5.78. The van der Waals surface area contributed by atoms with E-state index in [9.17, 15) is 0 Å². The molecule has 224 valence electrons. The number of nitrogens with one attached hydrogen (secondary N) is 2. The molecule has 0 rings (SSSR count). The maximum absolute atomic E-state index is 5.78. The molecule has 0 aromatic heterocycles. The Hall–Kier alpha value is -0.120. The highest BCUT2D eigenvalue weighted by molar-refractivity contribution is 4.52. The lowest BCUT2D eigenvalue weighted by Crippen LogP contribution is -2.32. The predicted octanol–water partition coefficient (Wildman–Crippen LogP) is 10.7. The van der Waals surface area contributed by atoms with Crippen LogP contribution < -0.4 is 10.6 Å². The van der Waals surface area contributed by atoms with E-state index in [0.717, 1.165) is 33.0 Å². The zero-order valence-corrected chi connectivity index (χ0v) is 26.0. The average molecular weight is 525 g/mol. The van der Waals surface area contributed by atoms with Gasteiger partial charge < -0.3 is 15.4 Å². The molecule has 0 saturated carbocycles. The minimum atomic E-state index is 0.846. The molecule has 0 amide bonds. The second kappa shape index (κ2) is 35.9. The minimum Gasteiger partial charge on any atom is -0.380 e. The van der Waals surface area contributed by atoms with Crippen molar-refractivity contribution in [3.8, 4) is 0 Å². The topological polar surface area (TPSA) is 33.3 Å². The Morgan fingerprint density at radius 3 is 1.05 bits per heavy atom. The second-order valence-electron chi connectivity index (χ2n) is 11.6. The SMILES string of the molecule is CCCCCCCCCCCCCCCCCCOCCNCNCCCCCCCCCCCCC. The quantitative estimate of drug-likeness (QED) is 0.0648.